The first kappa shape index (κ1) is 20.2. The van der Waals surface area contributed by atoms with Gasteiger partial charge in [-0.1, -0.05) is 31.5 Å². The number of anilines is 2. The molecule has 3 amide bonds. The Balaban J connectivity index is 2.06. The quantitative estimate of drug-likeness (QED) is 0.732. The minimum absolute atomic E-state index is 0.0857. The van der Waals surface area contributed by atoms with E-state index < -0.39 is 6.04 Å². The van der Waals surface area contributed by atoms with Gasteiger partial charge < -0.3 is 16.0 Å². The zero-order valence-corrected chi connectivity index (χ0v) is 16.0. The van der Waals surface area contributed by atoms with E-state index in [9.17, 15) is 14.4 Å². The molecule has 6 heteroatoms. The molecule has 2 rings (SSSR count). The molecular formula is C21H25N3O3. The third kappa shape index (κ3) is 5.95. The highest BCUT2D eigenvalue weighted by molar-refractivity contribution is 6.01. The van der Waals surface area contributed by atoms with E-state index in [1.807, 2.05) is 32.9 Å². The van der Waals surface area contributed by atoms with Crippen molar-refractivity contribution in [2.45, 2.75) is 33.7 Å². The summed E-state index contributed by atoms with van der Waals surface area (Å²) in [5, 5.41) is 8.28. The molecule has 0 saturated heterocycles. The molecule has 0 aliphatic carbocycles. The summed E-state index contributed by atoms with van der Waals surface area (Å²) in [6, 6.07) is 13.3. The number of hydrogen-bond acceptors (Lipinski definition) is 3. The Morgan fingerprint density at radius 1 is 0.889 bits per heavy atom. The highest BCUT2D eigenvalue weighted by Crippen LogP contribution is 2.15. The normalized spacial score (nSPS) is 11.6. The summed E-state index contributed by atoms with van der Waals surface area (Å²) < 4.78 is 0. The summed E-state index contributed by atoms with van der Waals surface area (Å²) in [6.45, 7) is 7.09. The van der Waals surface area contributed by atoms with Gasteiger partial charge in [0.25, 0.3) is 5.91 Å². The van der Waals surface area contributed by atoms with Gasteiger partial charge in [0, 0.05) is 23.9 Å². The summed E-state index contributed by atoms with van der Waals surface area (Å²) in [7, 11) is 0. The minimum Gasteiger partial charge on any atom is -0.340 e. The Morgan fingerprint density at radius 3 is 2.00 bits per heavy atom. The van der Waals surface area contributed by atoms with Crippen LogP contribution in [0.3, 0.4) is 0 Å². The molecule has 1 unspecified atom stereocenters. The first-order valence-electron chi connectivity index (χ1n) is 8.82. The van der Waals surface area contributed by atoms with E-state index in [-0.39, 0.29) is 23.6 Å². The number of rotatable bonds is 6. The second-order valence-electron chi connectivity index (χ2n) is 6.81. The van der Waals surface area contributed by atoms with E-state index in [4.69, 9.17) is 0 Å². The fraction of sp³-hybridized carbons (Fsp3) is 0.286. The van der Waals surface area contributed by atoms with Crippen LogP contribution in [0.1, 0.15) is 36.7 Å². The topological polar surface area (TPSA) is 87.3 Å². The van der Waals surface area contributed by atoms with Crippen molar-refractivity contribution in [1.82, 2.24) is 5.32 Å². The van der Waals surface area contributed by atoms with Crippen LogP contribution in [0.4, 0.5) is 11.4 Å². The summed E-state index contributed by atoms with van der Waals surface area (Å²) in [5.41, 5.74) is 2.73. The molecule has 3 N–H and O–H groups in total. The largest absolute Gasteiger partial charge is 0.340 e. The average molecular weight is 367 g/mol. The molecule has 0 radical (unpaired) electrons. The Morgan fingerprint density at radius 2 is 1.48 bits per heavy atom. The van der Waals surface area contributed by atoms with Gasteiger partial charge >= 0.3 is 0 Å². The maximum absolute atomic E-state index is 12.7. The molecule has 0 bridgehead atoms. The first-order valence-corrected chi connectivity index (χ1v) is 8.82. The zero-order valence-electron chi connectivity index (χ0n) is 16.0. The Bertz CT molecular complexity index is 829. The molecule has 2 aromatic carbocycles. The first-order chi connectivity index (χ1) is 12.8. The van der Waals surface area contributed by atoms with Gasteiger partial charge in [0.15, 0.2) is 0 Å². The standard InChI is InChI=1S/C21H25N3O3/c1-13(2)19(24-20(26)16-7-5-6-14(3)12-16)21(27)23-18-10-8-17(9-11-18)22-15(4)25/h5-13,19H,1-4H3,(H,22,25)(H,23,27)(H,24,26). The van der Waals surface area contributed by atoms with E-state index in [0.29, 0.717) is 16.9 Å². The number of amides is 3. The Labute approximate surface area is 159 Å². The lowest BCUT2D eigenvalue weighted by atomic mass is 10.0. The van der Waals surface area contributed by atoms with E-state index >= 15 is 0 Å². The number of carbonyl (C=O) groups is 3. The van der Waals surface area contributed by atoms with E-state index in [0.717, 1.165) is 5.56 Å². The second kappa shape index (κ2) is 8.98. The van der Waals surface area contributed by atoms with Gasteiger partial charge in [0.1, 0.15) is 6.04 Å². The van der Waals surface area contributed by atoms with Crippen molar-refractivity contribution < 1.29 is 14.4 Å². The number of nitrogens with one attached hydrogen (secondary N) is 3. The zero-order chi connectivity index (χ0) is 20.0. The smallest absolute Gasteiger partial charge is 0.251 e. The molecule has 1 atom stereocenters. The van der Waals surface area contributed by atoms with Gasteiger partial charge in [-0.3, -0.25) is 14.4 Å². The van der Waals surface area contributed by atoms with Crippen LogP contribution in [-0.2, 0) is 9.59 Å². The fourth-order valence-electron chi connectivity index (χ4n) is 2.61. The number of benzene rings is 2. The van der Waals surface area contributed by atoms with Crippen LogP contribution in [0.15, 0.2) is 48.5 Å². The molecule has 2 aromatic rings. The number of hydrogen-bond donors (Lipinski definition) is 3. The van der Waals surface area contributed by atoms with E-state index in [1.165, 1.54) is 6.92 Å². The summed E-state index contributed by atoms with van der Waals surface area (Å²) in [4.78, 5) is 36.2. The van der Waals surface area contributed by atoms with Gasteiger partial charge in [-0.05, 0) is 49.2 Å². The van der Waals surface area contributed by atoms with Crippen molar-refractivity contribution >= 4 is 29.1 Å². The molecule has 0 aliphatic rings. The van der Waals surface area contributed by atoms with Crippen molar-refractivity contribution in [1.29, 1.82) is 0 Å². The van der Waals surface area contributed by atoms with E-state index in [1.54, 1.807) is 36.4 Å². The van der Waals surface area contributed by atoms with E-state index in [2.05, 4.69) is 16.0 Å². The maximum Gasteiger partial charge on any atom is 0.251 e. The predicted octanol–water partition coefficient (Wildman–Crippen LogP) is 3.35. The Kier molecular flexibility index (Phi) is 6.71. The lowest BCUT2D eigenvalue weighted by Crippen LogP contribution is -2.47. The molecule has 0 heterocycles. The SMILES string of the molecule is CC(=O)Nc1ccc(NC(=O)C(NC(=O)c2cccc(C)c2)C(C)C)cc1. The van der Waals surface area contributed by atoms with Crippen LogP contribution in [0.2, 0.25) is 0 Å². The lowest BCUT2D eigenvalue weighted by molar-refractivity contribution is -0.119. The van der Waals surface area contributed by atoms with Gasteiger partial charge in [-0.2, -0.15) is 0 Å². The minimum atomic E-state index is -0.673. The molecule has 0 spiro atoms. The lowest BCUT2D eigenvalue weighted by Gasteiger charge is -2.22. The molecule has 27 heavy (non-hydrogen) atoms. The van der Waals surface area contributed by atoms with Crippen LogP contribution < -0.4 is 16.0 Å². The van der Waals surface area contributed by atoms with Crippen LogP contribution in [0, 0.1) is 12.8 Å². The van der Waals surface area contributed by atoms with Crippen molar-refractivity contribution in [2.24, 2.45) is 5.92 Å². The van der Waals surface area contributed by atoms with Crippen LogP contribution in [-0.4, -0.2) is 23.8 Å². The van der Waals surface area contributed by atoms with Crippen LogP contribution >= 0.6 is 0 Å². The van der Waals surface area contributed by atoms with Gasteiger partial charge in [0.2, 0.25) is 11.8 Å². The summed E-state index contributed by atoms with van der Waals surface area (Å²) in [5.74, 6) is -0.824. The van der Waals surface area contributed by atoms with Gasteiger partial charge in [-0.25, -0.2) is 0 Å². The molecule has 0 aromatic heterocycles. The molecular weight excluding hydrogens is 342 g/mol. The Hall–Kier alpha value is -3.15. The number of aryl methyl sites for hydroxylation is 1. The summed E-state index contributed by atoms with van der Waals surface area (Å²) >= 11 is 0. The monoisotopic (exact) mass is 367 g/mol. The third-order valence-electron chi connectivity index (χ3n) is 3.99. The van der Waals surface area contributed by atoms with Crippen molar-refractivity contribution in [2.75, 3.05) is 10.6 Å². The average Bonchev–Trinajstić information content (AvgIpc) is 2.60. The molecule has 142 valence electrons. The molecule has 0 saturated carbocycles. The third-order valence-corrected chi connectivity index (χ3v) is 3.99. The highest BCUT2D eigenvalue weighted by atomic mass is 16.2. The fourth-order valence-corrected chi connectivity index (χ4v) is 2.61. The highest BCUT2D eigenvalue weighted by Gasteiger charge is 2.24. The van der Waals surface area contributed by atoms with Gasteiger partial charge in [0.05, 0.1) is 0 Å². The number of carbonyl (C=O) groups excluding carboxylic acids is 3. The van der Waals surface area contributed by atoms with Crippen LogP contribution in [0.5, 0.6) is 0 Å². The maximum atomic E-state index is 12.7. The molecule has 6 nitrogen and oxygen atoms in total. The van der Waals surface area contributed by atoms with Crippen LogP contribution in [0.25, 0.3) is 0 Å². The van der Waals surface area contributed by atoms with Crippen molar-refractivity contribution in [3.05, 3.63) is 59.7 Å². The molecule has 0 fully saturated rings. The van der Waals surface area contributed by atoms with Crippen molar-refractivity contribution in [3.63, 3.8) is 0 Å². The summed E-state index contributed by atoms with van der Waals surface area (Å²) in [6.07, 6.45) is 0. The second-order valence-corrected chi connectivity index (χ2v) is 6.81. The van der Waals surface area contributed by atoms with Crippen molar-refractivity contribution in [3.8, 4) is 0 Å². The van der Waals surface area contributed by atoms with Gasteiger partial charge in [-0.15, -0.1) is 0 Å². The predicted molar refractivity (Wildman–Crippen MR) is 107 cm³/mol. The molecule has 0 aliphatic heterocycles.